The summed E-state index contributed by atoms with van der Waals surface area (Å²) in [6.45, 7) is 4.56. The number of carbonyl (C=O) groups excluding carboxylic acids is 2. The van der Waals surface area contributed by atoms with Crippen molar-refractivity contribution in [3.05, 3.63) is 0 Å². The molecule has 0 radical (unpaired) electrons. The summed E-state index contributed by atoms with van der Waals surface area (Å²) >= 11 is 0. The summed E-state index contributed by atoms with van der Waals surface area (Å²) in [5.41, 5.74) is 5.64. The van der Waals surface area contributed by atoms with Crippen LogP contribution < -0.4 is 15.3 Å². The van der Waals surface area contributed by atoms with Crippen molar-refractivity contribution in [1.29, 1.82) is 5.53 Å². The summed E-state index contributed by atoms with van der Waals surface area (Å²) in [6, 6.07) is -1.36. The van der Waals surface area contributed by atoms with Gasteiger partial charge in [-0.15, -0.1) is 0 Å². The third kappa shape index (κ3) is 6.50. The number of hydrogen-bond acceptors (Lipinski definition) is 6. The minimum absolute atomic E-state index is 0.370. The number of aliphatic carboxylic acids is 1. The van der Waals surface area contributed by atoms with Crippen molar-refractivity contribution in [2.24, 2.45) is 5.11 Å². The van der Waals surface area contributed by atoms with E-state index >= 15 is 0 Å². The Bertz CT molecular complexity index is 316. The molecule has 16 heavy (non-hydrogen) atoms. The van der Waals surface area contributed by atoms with Gasteiger partial charge in [-0.25, -0.2) is 4.79 Å². The van der Waals surface area contributed by atoms with Crippen molar-refractivity contribution in [2.75, 3.05) is 6.54 Å². The first-order valence-electron chi connectivity index (χ1n) is 4.50. The van der Waals surface area contributed by atoms with Gasteiger partial charge in [-0.2, -0.15) is 0 Å². The van der Waals surface area contributed by atoms with Crippen LogP contribution in [-0.4, -0.2) is 30.3 Å². The number of hydrogen-bond donors (Lipinski definition) is 2. The molecule has 0 saturated carbocycles. The molecule has 0 saturated heterocycles. The maximum atomic E-state index is 11.2. The van der Waals surface area contributed by atoms with Crippen LogP contribution in [0.1, 0.15) is 20.8 Å². The lowest BCUT2D eigenvalue weighted by Crippen LogP contribution is -2.50. The van der Waals surface area contributed by atoms with Crippen LogP contribution >= 0.6 is 0 Å². The second kappa shape index (κ2) is 5.82. The molecular formula is C8H14N4O4. The van der Waals surface area contributed by atoms with Gasteiger partial charge in [0.1, 0.15) is 22.8 Å². The van der Waals surface area contributed by atoms with E-state index in [1.165, 1.54) is 0 Å². The Morgan fingerprint density at radius 2 is 2.12 bits per heavy atom. The van der Waals surface area contributed by atoms with E-state index < -0.39 is 23.7 Å². The quantitative estimate of drug-likeness (QED) is 0.482. The highest BCUT2D eigenvalue weighted by Crippen LogP contribution is 2.06. The van der Waals surface area contributed by atoms with E-state index in [1.54, 1.807) is 20.8 Å². The molecule has 0 aliphatic carbocycles. The summed E-state index contributed by atoms with van der Waals surface area (Å²) in [6.07, 6.45) is -0.887. The smallest absolute Gasteiger partial charge is 0.408 e. The molecule has 1 atom stereocenters. The third-order valence-corrected chi connectivity index (χ3v) is 1.31. The molecule has 1 unspecified atom stereocenters. The highest BCUT2D eigenvalue weighted by Gasteiger charge is 2.20. The first kappa shape index (κ1) is 14.1. The highest BCUT2D eigenvalue weighted by molar-refractivity contribution is 5.78. The van der Waals surface area contributed by atoms with Crippen LogP contribution in [0.25, 0.3) is 0 Å². The minimum atomic E-state index is -1.52. The SMILES string of the molecule is CC(C)(C)OC(=O)NC(CN=[N+]=N)C(=O)[O-]. The van der Waals surface area contributed by atoms with Crippen LogP contribution in [0.15, 0.2) is 5.11 Å². The zero-order chi connectivity index (χ0) is 12.8. The number of nitrogens with zero attached hydrogens (tertiary/aromatic N) is 2. The molecule has 8 heteroatoms. The standard InChI is InChI=1S/C8H14N4O4/c1-8(2,3)16-7(15)11-5(6(13)14)4-10-12-9/h5,9H,4H2,1-3H3,(H-,11,13,14,15). The summed E-state index contributed by atoms with van der Waals surface area (Å²) in [5, 5.41) is 15.8. The lowest BCUT2D eigenvalue weighted by molar-refractivity contribution is -0.308. The lowest BCUT2D eigenvalue weighted by Gasteiger charge is -2.22. The minimum Gasteiger partial charge on any atom is -0.548 e. The van der Waals surface area contributed by atoms with Crippen molar-refractivity contribution in [3.8, 4) is 0 Å². The number of alkyl carbamates (subject to hydrolysis) is 1. The van der Waals surface area contributed by atoms with Crippen LogP contribution in [0.2, 0.25) is 0 Å². The first-order valence-corrected chi connectivity index (χ1v) is 4.50. The van der Waals surface area contributed by atoms with Crippen LogP contribution in [0.3, 0.4) is 0 Å². The Hall–Kier alpha value is -1.95. The number of carboxylic acid groups (broad SMARTS) is 1. The van der Waals surface area contributed by atoms with Gasteiger partial charge in [0.2, 0.25) is 4.91 Å². The highest BCUT2D eigenvalue weighted by atomic mass is 16.6. The molecule has 0 heterocycles. The fraction of sp³-hybridized carbons (Fsp3) is 0.750. The van der Waals surface area contributed by atoms with Crippen LogP contribution in [0.5, 0.6) is 0 Å². The Morgan fingerprint density at radius 1 is 1.56 bits per heavy atom. The number of rotatable bonds is 4. The van der Waals surface area contributed by atoms with Crippen LogP contribution in [0.4, 0.5) is 4.79 Å². The van der Waals surface area contributed by atoms with Crippen molar-refractivity contribution in [2.45, 2.75) is 32.4 Å². The van der Waals surface area contributed by atoms with Crippen molar-refractivity contribution in [3.63, 3.8) is 0 Å². The second-order valence-electron chi connectivity index (χ2n) is 3.94. The maximum absolute atomic E-state index is 11.2. The fourth-order valence-electron chi connectivity index (χ4n) is 0.751. The molecule has 0 spiro atoms. The Morgan fingerprint density at radius 3 is 2.50 bits per heavy atom. The number of carbonyl (C=O) groups is 2. The summed E-state index contributed by atoms with van der Waals surface area (Å²) < 4.78 is 4.84. The monoisotopic (exact) mass is 230 g/mol. The van der Waals surface area contributed by atoms with Crippen molar-refractivity contribution in [1.82, 2.24) is 10.2 Å². The molecule has 0 rings (SSSR count). The third-order valence-electron chi connectivity index (χ3n) is 1.31. The molecule has 90 valence electrons. The average molecular weight is 230 g/mol. The van der Waals surface area contributed by atoms with Crippen LogP contribution in [-0.2, 0) is 9.53 Å². The lowest BCUT2D eigenvalue weighted by atomic mass is 10.2. The van der Waals surface area contributed by atoms with Gasteiger partial charge in [-0.1, -0.05) is 0 Å². The predicted octanol–water partition coefficient (Wildman–Crippen LogP) is -0.820. The zero-order valence-electron chi connectivity index (χ0n) is 9.31. The molecule has 0 aromatic carbocycles. The predicted molar refractivity (Wildman–Crippen MR) is 50.3 cm³/mol. The zero-order valence-corrected chi connectivity index (χ0v) is 9.31. The topological polar surface area (TPSA) is 129 Å². The molecule has 0 aromatic rings. The number of carboxylic acids is 1. The summed E-state index contributed by atoms with van der Waals surface area (Å²) in [7, 11) is 0. The van der Waals surface area contributed by atoms with Gasteiger partial charge in [0.25, 0.3) is 0 Å². The first-order chi connectivity index (χ1) is 7.26. The second-order valence-corrected chi connectivity index (χ2v) is 3.94. The van der Waals surface area contributed by atoms with Crippen LogP contribution in [0, 0.1) is 5.53 Å². The van der Waals surface area contributed by atoms with E-state index in [9.17, 15) is 14.7 Å². The van der Waals surface area contributed by atoms with E-state index in [4.69, 9.17) is 10.3 Å². The summed E-state index contributed by atoms with van der Waals surface area (Å²) in [4.78, 5) is 24.4. The Balaban J connectivity index is 4.35. The van der Waals surface area contributed by atoms with E-state index in [0.717, 1.165) is 0 Å². The van der Waals surface area contributed by atoms with Gasteiger partial charge in [-0.3, -0.25) is 0 Å². The van der Waals surface area contributed by atoms with E-state index in [-0.39, 0.29) is 6.54 Å². The molecule has 1 amide bonds. The van der Waals surface area contributed by atoms with E-state index in [1.807, 2.05) is 5.32 Å². The number of nitrogens with one attached hydrogen (secondary N) is 2. The fourth-order valence-corrected chi connectivity index (χ4v) is 0.751. The number of ether oxygens (including phenoxy) is 1. The maximum Gasteiger partial charge on any atom is 0.408 e. The Kier molecular flexibility index (Phi) is 5.11. The van der Waals surface area contributed by atoms with Gasteiger partial charge in [-0.05, 0) is 20.8 Å². The average Bonchev–Trinajstić information content (AvgIpc) is 2.08. The summed E-state index contributed by atoms with van der Waals surface area (Å²) in [5.74, 6) is -1.52. The molecule has 0 aliphatic rings. The van der Waals surface area contributed by atoms with E-state index in [2.05, 4.69) is 10.0 Å². The molecule has 0 aliphatic heterocycles. The molecule has 0 bridgehead atoms. The molecular weight excluding hydrogens is 216 g/mol. The van der Waals surface area contributed by atoms with Gasteiger partial charge in [0.15, 0.2) is 0 Å². The molecule has 0 aromatic heterocycles. The Labute approximate surface area is 92.2 Å². The van der Waals surface area contributed by atoms with Gasteiger partial charge >= 0.3 is 6.09 Å². The number of amides is 1. The van der Waals surface area contributed by atoms with Crippen molar-refractivity contribution >= 4 is 12.1 Å². The molecule has 2 N–H and O–H groups in total. The van der Waals surface area contributed by atoms with Crippen molar-refractivity contribution < 1.29 is 19.4 Å². The van der Waals surface area contributed by atoms with E-state index in [0.29, 0.717) is 0 Å². The molecule has 8 nitrogen and oxygen atoms in total. The largest absolute Gasteiger partial charge is 0.548 e. The van der Waals surface area contributed by atoms with Gasteiger partial charge in [0.05, 0.1) is 12.0 Å². The van der Waals surface area contributed by atoms with Gasteiger partial charge < -0.3 is 20.0 Å². The normalized spacial score (nSPS) is 12.2. The molecule has 0 fully saturated rings. The van der Waals surface area contributed by atoms with Gasteiger partial charge in [0, 0.05) is 0 Å².